The summed E-state index contributed by atoms with van der Waals surface area (Å²) in [6.07, 6.45) is 68.4. The van der Waals surface area contributed by atoms with Crippen LogP contribution in [-0.4, -0.2) is 46.1 Å². The maximum absolute atomic E-state index is 12.5. The number of hydrogen-bond donors (Lipinski definition) is 4. The minimum absolute atomic E-state index is 0.0196. The van der Waals surface area contributed by atoms with Gasteiger partial charge in [-0.2, -0.15) is 0 Å². The van der Waals surface area contributed by atoms with Crippen molar-refractivity contribution >= 4 is 5.91 Å². The van der Waals surface area contributed by atoms with Gasteiger partial charge in [-0.25, -0.2) is 0 Å². The van der Waals surface area contributed by atoms with Crippen LogP contribution in [0.25, 0.3) is 0 Å². The third-order valence-corrected chi connectivity index (χ3v) is 14.1. The minimum atomic E-state index is -0.926. The summed E-state index contributed by atoms with van der Waals surface area (Å²) in [5.41, 5.74) is 0. The molecule has 3 unspecified atom stereocenters. The fourth-order valence-corrected chi connectivity index (χ4v) is 9.58. The number of rotatable bonds is 55. The zero-order valence-corrected chi connectivity index (χ0v) is 43.7. The zero-order valence-electron chi connectivity index (χ0n) is 43.7. The predicted molar refractivity (Wildman–Crippen MR) is 282 cm³/mol. The molecule has 0 saturated carbocycles. The largest absolute Gasteiger partial charge is 0.394 e. The quantitative estimate of drug-likeness (QED) is 0.0362. The van der Waals surface area contributed by atoms with E-state index in [0.29, 0.717) is 6.42 Å². The third kappa shape index (κ3) is 50.5. The Morgan fingerprint density at radius 2 is 0.641 bits per heavy atom. The highest BCUT2D eigenvalue weighted by Gasteiger charge is 2.20. The number of allylic oxidation sites excluding steroid dienone is 1. The van der Waals surface area contributed by atoms with E-state index in [1.54, 1.807) is 6.08 Å². The molecular weight excluding hydrogens is 787 g/mol. The van der Waals surface area contributed by atoms with Gasteiger partial charge in [-0.3, -0.25) is 4.79 Å². The topological polar surface area (TPSA) is 89.8 Å². The summed E-state index contributed by atoms with van der Waals surface area (Å²) in [6, 6.07) is -0.741. The van der Waals surface area contributed by atoms with E-state index in [-0.39, 0.29) is 18.9 Å². The van der Waals surface area contributed by atoms with Gasteiger partial charge in [0.2, 0.25) is 5.91 Å². The molecule has 382 valence electrons. The van der Waals surface area contributed by atoms with E-state index in [1.165, 1.54) is 283 Å². The van der Waals surface area contributed by atoms with Crippen LogP contribution in [0.4, 0.5) is 0 Å². The molecular formula is C59H117NO4. The molecule has 0 saturated heterocycles. The van der Waals surface area contributed by atoms with Gasteiger partial charge in [0.1, 0.15) is 0 Å². The van der Waals surface area contributed by atoms with Crippen molar-refractivity contribution in [3.05, 3.63) is 12.2 Å². The van der Waals surface area contributed by atoms with Crippen LogP contribution < -0.4 is 5.32 Å². The van der Waals surface area contributed by atoms with E-state index in [9.17, 15) is 20.1 Å². The monoisotopic (exact) mass is 904 g/mol. The van der Waals surface area contributed by atoms with Crippen LogP contribution in [0.1, 0.15) is 335 Å². The average Bonchev–Trinajstić information content (AvgIpc) is 3.29. The fraction of sp³-hybridized carbons (Fsp3) is 0.949. The lowest BCUT2D eigenvalue weighted by Crippen LogP contribution is -2.45. The Hall–Kier alpha value is -0.910. The smallest absolute Gasteiger partial charge is 0.222 e. The number of aliphatic hydroxyl groups excluding tert-OH is 3. The molecule has 64 heavy (non-hydrogen) atoms. The Bertz CT molecular complexity index is 909. The van der Waals surface area contributed by atoms with Gasteiger partial charge in [0, 0.05) is 0 Å². The van der Waals surface area contributed by atoms with Crippen LogP contribution in [0.2, 0.25) is 0 Å². The molecule has 0 aromatic rings. The van der Waals surface area contributed by atoms with Gasteiger partial charge < -0.3 is 20.6 Å². The molecule has 3 atom stereocenters. The molecule has 1 amide bonds. The lowest BCUT2D eigenvalue weighted by atomic mass is 10.0. The number of carbonyl (C=O) groups excluding carboxylic acids is 1. The molecule has 5 nitrogen and oxygen atoms in total. The van der Waals surface area contributed by atoms with Crippen molar-refractivity contribution < 1.29 is 20.1 Å². The normalized spacial score (nSPS) is 13.3. The van der Waals surface area contributed by atoms with Crippen molar-refractivity contribution in [1.29, 1.82) is 0 Å². The highest BCUT2D eigenvalue weighted by molar-refractivity contribution is 5.76. The van der Waals surface area contributed by atoms with Crippen LogP contribution in [0, 0.1) is 0 Å². The van der Waals surface area contributed by atoms with E-state index >= 15 is 0 Å². The summed E-state index contributed by atoms with van der Waals surface area (Å²) in [6.45, 7) is 4.26. The van der Waals surface area contributed by atoms with Crippen LogP contribution in [0.5, 0.6) is 0 Å². The van der Waals surface area contributed by atoms with Gasteiger partial charge in [0.25, 0.3) is 0 Å². The van der Waals surface area contributed by atoms with Gasteiger partial charge >= 0.3 is 0 Å². The van der Waals surface area contributed by atoms with Crippen molar-refractivity contribution in [2.45, 2.75) is 353 Å². The Balaban J connectivity index is 3.50. The van der Waals surface area contributed by atoms with Gasteiger partial charge in [0.05, 0.1) is 31.3 Å². The first kappa shape index (κ1) is 63.1. The number of amides is 1. The van der Waals surface area contributed by atoms with Gasteiger partial charge in [-0.15, -0.1) is 0 Å². The Kier molecular flexibility index (Phi) is 53.9. The van der Waals surface area contributed by atoms with Crippen molar-refractivity contribution in [1.82, 2.24) is 5.32 Å². The van der Waals surface area contributed by atoms with E-state index in [1.807, 2.05) is 6.08 Å². The summed E-state index contributed by atoms with van der Waals surface area (Å²) in [4.78, 5) is 12.5. The standard InChI is InChI=1S/C59H117NO4/c1-3-5-7-9-11-13-15-17-19-21-23-25-26-27-28-29-30-31-32-33-34-36-38-40-42-44-46-48-50-52-56(62)54-59(64)60-57(55-61)58(63)53-51-49-47-45-43-41-39-37-35-24-22-20-18-16-14-12-10-8-6-4-2/h51,53,56-58,61-63H,3-50,52,54-55H2,1-2H3,(H,60,64)/b53-51+. The number of carbonyl (C=O) groups is 1. The second-order valence-electron chi connectivity index (χ2n) is 20.6. The summed E-state index contributed by atoms with van der Waals surface area (Å²) in [7, 11) is 0. The van der Waals surface area contributed by atoms with E-state index in [0.717, 1.165) is 25.7 Å². The Morgan fingerprint density at radius 3 is 0.906 bits per heavy atom. The minimum Gasteiger partial charge on any atom is -0.394 e. The first-order valence-electron chi connectivity index (χ1n) is 29.5. The number of nitrogens with one attached hydrogen (secondary N) is 1. The second kappa shape index (κ2) is 54.7. The van der Waals surface area contributed by atoms with Crippen LogP contribution in [0.3, 0.4) is 0 Å². The Labute approximate surface area is 401 Å². The van der Waals surface area contributed by atoms with Gasteiger partial charge in [-0.1, -0.05) is 321 Å². The molecule has 0 heterocycles. The number of aliphatic hydroxyl groups is 3. The van der Waals surface area contributed by atoms with Crippen LogP contribution >= 0.6 is 0 Å². The van der Waals surface area contributed by atoms with E-state index in [2.05, 4.69) is 19.2 Å². The van der Waals surface area contributed by atoms with Gasteiger partial charge in [0.15, 0.2) is 0 Å². The molecule has 0 aliphatic rings. The van der Waals surface area contributed by atoms with Crippen molar-refractivity contribution in [2.75, 3.05) is 6.61 Å². The summed E-state index contributed by atoms with van der Waals surface area (Å²) in [5.74, 6) is -0.307. The lowest BCUT2D eigenvalue weighted by Gasteiger charge is -2.21. The predicted octanol–water partition coefficient (Wildman–Crippen LogP) is 18.3. The first-order chi connectivity index (χ1) is 31.5. The Morgan fingerprint density at radius 1 is 0.391 bits per heavy atom. The molecule has 0 fully saturated rings. The molecule has 0 radical (unpaired) electrons. The third-order valence-electron chi connectivity index (χ3n) is 14.1. The molecule has 0 bridgehead atoms. The molecule has 0 spiro atoms. The summed E-state index contributed by atoms with van der Waals surface area (Å²) >= 11 is 0. The number of hydrogen-bond acceptors (Lipinski definition) is 4. The van der Waals surface area contributed by atoms with Gasteiger partial charge in [-0.05, 0) is 19.3 Å². The molecule has 0 aromatic heterocycles. The zero-order chi connectivity index (χ0) is 46.5. The van der Waals surface area contributed by atoms with Crippen LogP contribution in [0.15, 0.2) is 12.2 Å². The molecule has 0 aliphatic carbocycles. The molecule has 0 aliphatic heterocycles. The fourth-order valence-electron chi connectivity index (χ4n) is 9.58. The highest BCUT2D eigenvalue weighted by atomic mass is 16.3. The number of unbranched alkanes of at least 4 members (excludes halogenated alkanes) is 46. The highest BCUT2D eigenvalue weighted by Crippen LogP contribution is 2.18. The average molecular weight is 905 g/mol. The molecule has 0 aromatic carbocycles. The molecule has 5 heteroatoms. The maximum Gasteiger partial charge on any atom is 0.222 e. The lowest BCUT2D eigenvalue weighted by molar-refractivity contribution is -0.124. The van der Waals surface area contributed by atoms with Crippen molar-refractivity contribution in [3.8, 4) is 0 Å². The molecule has 4 N–H and O–H groups in total. The second-order valence-corrected chi connectivity index (χ2v) is 20.6. The van der Waals surface area contributed by atoms with E-state index < -0.39 is 18.2 Å². The van der Waals surface area contributed by atoms with Crippen LogP contribution in [-0.2, 0) is 4.79 Å². The van der Waals surface area contributed by atoms with Crippen molar-refractivity contribution in [3.63, 3.8) is 0 Å². The van der Waals surface area contributed by atoms with E-state index in [4.69, 9.17) is 0 Å². The van der Waals surface area contributed by atoms with Crippen molar-refractivity contribution in [2.24, 2.45) is 0 Å². The molecule has 0 rings (SSSR count). The maximum atomic E-state index is 12.5. The summed E-state index contributed by atoms with van der Waals surface area (Å²) < 4.78 is 0. The SMILES string of the molecule is CCCCCCCCCCCCCCCCCCCC/C=C/C(O)C(CO)NC(=O)CC(O)CCCCCCCCCCCCCCCCCCCCCCCCCCCCCCC. The summed E-state index contributed by atoms with van der Waals surface area (Å²) in [5, 5.41) is 33.5. The first-order valence-corrected chi connectivity index (χ1v) is 29.5.